The molecule has 4 rings (SSSR count). The number of carbonyl (C=O) groups is 1. The average Bonchev–Trinajstić information content (AvgIpc) is 3.14. The Bertz CT molecular complexity index is 991. The van der Waals surface area contributed by atoms with Gasteiger partial charge in [0.1, 0.15) is 0 Å². The molecule has 0 radical (unpaired) electrons. The predicted octanol–water partition coefficient (Wildman–Crippen LogP) is 4.31. The highest BCUT2D eigenvalue weighted by atomic mass is 32.2. The minimum atomic E-state index is -0.219. The first-order valence-corrected chi connectivity index (χ1v) is 8.92. The number of rotatable bonds is 4. The van der Waals surface area contributed by atoms with Crippen molar-refractivity contribution in [1.82, 2.24) is 14.6 Å². The fourth-order valence-corrected chi connectivity index (χ4v) is 4.44. The van der Waals surface area contributed by atoms with Crippen molar-refractivity contribution in [3.63, 3.8) is 0 Å². The molecule has 2 aromatic heterocycles. The smallest absolute Gasteiger partial charge is 0.217 e. The Hall–Kier alpha value is -2.18. The summed E-state index contributed by atoms with van der Waals surface area (Å²) in [6, 6.07) is 17.5. The molecule has 0 bridgehead atoms. The highest BCUT2D eigenvalue weighted by Gasteiger charge is 2.20. The molecule has 0 saturated heterocycles. The lowest BCUT2D eigenvalue weighted by atomic mass is 10.1. The lowest BCUT2D eigenvalue weighted by Gasteiger charge is -2.08. The van der Waals surface area contributed by atoms with Crippen LogP contribution in [0, 0.1) is 0 Å². The molecule has 0 aliphatic carbocycles. The van der Waals surface area contributed by atoms with Crippen molar-refractivity contribution in [3.05, 3.63) is 60.2 Å². The van der Waals surface area contributed by atoms with E-state index in [0.717, 1.165) is 21.2 Å². The summed E-state index contributed by atoms with van der Waals surface area (Å²) in [5.41, 5.74) is 1.81. The number of carbonyl (C=O) groups excluding carboxylic acids is 1. The van der Waals surface area contributed by atoms with Crippen LogP contribution in [-0.4, -0.2) is 25.6 Å². The lowest BCUT2D eigenvalue weighted by molar-refractivity contribution is 0.0994. The molecule has 1 unspecified atom stereocenters. The second kappa shape index (κ2) is 5.79. The fraction of sp³-hybridized carbons (Fsp3) is 0.118. The second-order valence-corrected chi connectivity index (χ2v) is 7.48. The van der Waals surface area contributed by atoms with Crippen LogP contribution in [0.1, 0.15) is 17.3 Å². The Kier molecular flexibility index (Phi) is 3.63. The van der Waals surface area contributed by atoms with Crippen molar-refractivity contribution in [3.8, 4) is 0 Å². The largest absolute Gasteiger partial charge is 0.293 e. The molecule has 6 heteroatoms. The molecule has 0 N–H and O–H groups in total. The third-order valence-electron chi connectivity index (χ3n) is 3.62. The normalized spacial score (nSPS) is 12.7. The van der Waals surface area contributed by atoms with E-state index in [1.807, 2.05) is 53.8 Å². The maximum Gasteiger partial charge on any atom is 0.217 e. The van der Waals surface area contributed by atoms with Crippen LogP contribution in [-0.2, 0) is 0 Å². The summed E-state index contributed by atoms with van der Waals surface area (Å²) in [6.45, 7) is 1.91. The standard InChI is InChI=1S/C17H13N3OS2/c1-11(15(21)12-7-3-2-4-8-12)22-16-18-19-17-20(16)13-9-5-6-10-14(13)23-17/h2-11H,1H3. The van der Waals surface area contributed by atoms with Gasteiger partial charge < -0.3 is 0 Å². The third-order valence-corrected chi connectivity index (χ3v) is 5.68. The van der Waals surface area contributed by atoms with E-state index in [0.29, 0.717) is 0 Å². The first-order chi connectivity index (χ1) is 11.2. The number of hydrogen-bond acceptors (Lipinski definition) is 5. The number of thioether (sulfide) groups is 1. The zero-order chi connectivity index (χ0) is 15.8. The van der Waals surface area contributed by atoms with Gasteiger partial charge in [0.25, 0.3) is 0 Å². The van der Waals surface area contributed by atoms with Crippen molar-refractivity contribution >= 4 is 44.1 Å². The summed E-state index contributed by atoms with van der Waals surface area (Å²) in [6.07, 6.45) is 0. The Morgan fingerprint density at radius 1 is 1.09 bits per heavy atom. The highest BCUT2D eigenvalue weighted by Crippen LogP contribution is 2.31. The summed E-state index contributed by atoms with van der Waals surface area (Å²) in [4.78, 5) is 13.4. The molecular weight excluding hydrogens is 326 g/mol. The van der Waals surface area contributed by atoms with Gasteiger partial charge in [0.05, 0.1) is 15.5 Å². The molecule has 23 heavy (non-hydrogen) atoms. The number of para-hydroxylation sites is 1. The van der Waals surface area contributed by atoms with Gasteiger partial charge in [0.15, 0.2) is 10.9 Å². The van der Waals surface area contributed by atoms with E-state index in [1.165, 1.54) is 16.5 Å². The molecule has 4 nitrogen and oxygen atoms in total. The fourth-order valence-electron chi connectivity index (χ4n) is 2.48. The van der Waals surface area contributed by atoms with Crippen LogP contribution in [0.4, 0.5) is 0 Å². The summed E-state index contributed by atoms with van der Waals surface area (Å²) < 4.78 is 3.20. The van der Waals surface area contributed by atoms with E-state index < -0.39 is 0 Å². The van der Waals surface area contributed by atoms with Gasteiger partial charge in [0, 0.05) is 5.56 Å². The Morgan fingerprint density at radius 3 is 2.65 bits per heavy atom. The van der Waals surface area contributed by atoms with E-state index in [2.05, 4.69) is 22.3 Å². The molecule has 0 fully saturated rings. The van der Waals surface area contributed by atoms with E-state index in [4.69, 9.17) is 0 Å². The number of aromatic nitrogens is 3. The Labute approximate surface area is 141 Å². The summed E-state index contributed by atoms with van der Waals surface area (Å²) in [7, 11) is 0. The SMILES string of the molecule is CC(Sc1nnc2sc3ccccc3n12)C(=O)c1ccccc1. The number of thiazole rings is 1. The predicted molar refractivity (Wildman–Crippen MR) is 94.5 cm³/mol. The first-order valence-electron chi connectivity index (χ1n) is 7.22. The number of Topliss-reactive ketones (excluding diaryl/α,β-unsaturated/α-hetero) is 1. The molecule has 114 valence electrons. The monoisotopic (exact) mass is 339 g/mol. The van der Waals surface area contributed by atoms with E-state index in [-0.39, 0.29) is 11.0 Å². The first kappa shape index (κ1) is 14.4. The number of nitrogens with zero attached hydrogens (tertiary/aromatic N) is 3. The second-order valence-electron chi connectivity index (χ2n) is 5.16. The minimum absolute atomic E-state index is 0.104. The highest BCUT2D eigenvalue weighted by molar-refractivity contribution is 8.00. The van der Waals surface area contributed by atoms with Crippen LogP contribution >= 0.6 is 23.1 Å². The van der Waals surface area contributed by atoms with Crippen LogP contribution in [0.15, 0.2) is 59.8 Å². The van der Waals surface area contributed by atoms with Gasteiger partial charge in [-0.1, -0.05) is 65.6 Å². The molecule has 0 amide bonds. The molecule has 4 aromatic rings. The quantitative estimate of drug-likeness (QED) is 0.411. The molecule has 0 spiro atoms. The number of hydrogen-bond donors (Lipinski definition) is 0. The van der Waals surface area contributed by atoms with Crippen LogP contribution in [0.2, 0.25) is 0 Å². The van der Waals surface area contributed by atoms with Crippen LogP contribution in [0.25, 0.3) is 15.2 Å². The van der Waals surface area contributed by atoms with Gasteiger partial charge in [0.2, 0.25) is 4.96 Å². The van der Waals surface area contributed by atoms with Gasteiger partial charge in [-0.2, -0.15) is 0 Å². The van der Waals surface area contributed by atoms with Crippen molar-refractivity contribution < 1.29 is 4.79 Å². The van der Waals surface area contributed by atoms with Crippen LogP contribution in [0.5, 0.6) is 0 Å². The summed E-state index contributed by atoms with van der Waals surface area (Å²) in [5, 5.41) is 9.04. The van der Waals surface area contributed by atoms with Crippen LogP contribution < -0.4 is 0 Å². The Balaban J connectivity index is 1.69. The van der Waals surface area contributed by atoms with E-state index in [1.54, 1.807) is 11.3 Å². The van der Waals surface area contributed by atoms with Gasteiger partial charge in [-0.25, -0.2) is 0 Å². The number of fused-ring (bicyclic) bond motifs is 3. The molecule has 2 aromatic carbocycles. The molecule has 0 saturated carbocycles. The van der Waals surface area contributed by atoms with Gasteiger partial charge in [-0.15, -0.1) is 10.2 Å². The topological polar surface area (TPSA) is 47.3 Å². The minimum Gasteiger partial charge on any atom is -0.293 e. The van der Waals surface area contributed by atoms with Gasteiger partial charge >= 0.3 is 0 Å². The molecule has 0 aliphatic heterocycles. The molecule has 1 atom stereocenters. The maximum atomic E-state index is 12.5. The maximum absolute atomic E-state index is 12.5. The van der Waals surface area contributed by atoms with E-state index in [9.17, 15) is 4.79 Å². The zero-order valence-corrected chi connectivity index (χ0v) is 14.0. The summed E-state index contributed by atoms with van der Waals surface area (Å²) in [5.74, 6) is 0.104. The van der Waals surface area contributed by atoms with Crippen molar-refractivity contribution in [1.29, 1.82) is 0 Å². The van der Waals surface area contributed by atoms with Gasteiger partial charge in [-0.3, -0.25) is 9.20 Å². The molecule has 0 aliphatic rings. The van der Waals surface area contributed by atoms with Crippen molar-refractivity contribution in [2.24, 2.45) is 0 Å². The molecular formula is C17H13N3OS2. The molecule has 2 heterocycles. The number of benzene rings is 2. The Morgan fingerprint density at radius 2 is 1.83 bits per heavy atom. The zero-order valence-electron chi connectivity index (χ0n) is 12.3. The average molecular weight is 339 g/mol. The number of ketones is 1. The lowest BCUT2D eigenvalue weighted by Crippen LogP contribution is -2.13. The van der Waals surface area contributed by atoms with Crippen molar-refractivity contribution in [2.45, 2.75) is 17.3 Å². The van der Waals surface area contributed by atoms with Crippen LogP contribution in [0.3, 0.4) is 0 Å². The van der Waals surface area contributed by atoms with E-state index >= 15 is 0 Å². The third kappa shape index (κ3) is 2.54. The van der Waals surface area contributed by atoms with Crippen molar-refractivity contribution in [2.75, 3.05) is 0 Å². The van der Waals surface area contributed by atoms with Gasteiger partial charge in [-0.05, 0) is 19.1 Å². The summed E-state index contributed by atoms with van der Waals surface area (Å²) >= 11 is 3.05.